The van der Waals surface area contributed by atoms with E-state index in [0.29, 0.717) is 11.7 Å². The van der Waals surface area contributed by atoms with Crippen LogP contribution in [0.3, 0.4) is 0 Å². The number of nitrogens with one attached hydrogen (secondary N) is 1. The van der Waals surface area contributed by atoms with E-state index in [9.17, 15) is 9.59 Å². The Morgan fingerprint density at radius 3 is 2.56 bits per heavy atom. The molecule has 1 heterocycles. The van der Waals surface area contributed by atoms with Crippen LogP contribution in [0.1, 0.15) is 51.9 Å². The van der Waals surface area contributed by atoms with Crippen molar-refractivity contribution in [3.05, 3.63) is 0 Å². The fourth-order valence-electron chi connectivity index (χ4n) is 3.06. The molecule has 0 aromatic heterocycles. The second-order valence-electron chi connectivity index (χ2n) is 7.06. The van der Waals surface area contributed by atoms with Crippen LogP contribution in [0.4, 0.5) is 4.79 Å². The molecule has 3 amide bonds. The molecule has 2 atom stereocenters. The van der Waals surface area contributed by atoms with Gasteiger partial charge in [-0.1, -0.05) is 13.3 Å². The highest BCUT2D eigenvalue weighted by Gasteiger charge is 2.25. The van der Waals surface area contributed by atoms with E-state index in [1.165, 1.54) is 0 Å². The Hall–Kier alpha value is -0.950. The summed E-state index contributed by atoms with van der Waals surface area (Å²) in [4.78, 5) is 27.2. The maximum atomic E-state index is 12.1. The summed E-state index contributed by atoms with van der Waals surface area (Å²) in [5, 5.41) is 3.37. The molecule has 0 bridgehead atoms. The highest BCUT2D eigenvalue weighted by atomic mass is 32.2. The van der Waals surface area contributed by atoms with Crippen LogP contribution < -0.4 is 11.1 Å². The van der Waals surface area contributed by atoms with E-state index in [1.807, 2.05) is 23.7 Å². The van der Waals surface area contributed by atoms with Gasteiger partial charge in [0.25, 0.3) is 0 Å². The van der Waals surface area contributed by atoms with Crippen LogP contribution in [-0.2, 0) is 4.79 Å². The smallest absolute Gasteiger partial charge is 0.312 e. The number of amides is 3. The Labute approximate surface area is 157 Å². The topological polar surface area (TPSA) is 78.7 Å². The van der Waals surface area contributed by atoms with Gasteiger partial charge in [0.05, 0.1) is 0 Å². The Kier molecular flexibility index (Phi) is 11.0. The van der Waals surface area contributed by atoms with E-state index < -0.39 is 6.03 Å². The predicted molar refractivity (Wildman–Crippen MR) is 106 cm³/mol. The number of hydrogen-bond acceptors (Lipinski definition) is 4. The number of carbonyl (C=O) groups excluding carboxylic acids is 2. The SMILES string of the molecule is CCN(C)CCCCN(C)C(=O)CCCC[C@@H]1C[C@@H](NC(N)=O)CS1. The quantitative estimate of drug-likeness (QED) is 0.515. The number of primary amides is 1. The molecule has 1 saturated heterocycles. The summed E-state index contributed by atoms with van der Waals surface area (Å²) < 4.78 is 0. The summed E-state index contributed by atoms with van der Waals surface area (Å²) in [5.74, 6) is 1.21. The van der Waals surface area contributed by atoms with E-state index in [1.54, 1.807) is 0 Å². The standard InChI is InChI=1S/C18H36N4O2S/c1-4-21(2)11-7-8-12-22(3)17(23)10-6-5-9-16-13-15(14-25-16)20-18(19)24/h15-16H,4-14H2,1-3H3,(H3,19,20,24)/t15-,16-/m1/s1. The van der Waals surface area contributed by atoms with Crippen molar-refractivity contribution < 1.29 is 9.59 Å². The molecule has 1 aliphatic heterocycles. The number of rotatable bonds is 12. The fourth-order valence-corrected chi connectivity index (χ4v) is 4.49. The van der Waals surface area contributed by atoms with Crippen LogP contribution in [0.5, 0.6) is 0 Å². The molecule has 25 heavy (non-hydrogen) atoms. The lowest BCUT2D eigenvalue weighted by Crippen LogP contribution is -2.38. The molecule has 146 valence electrons. The molecule has 0 spiro atoms. The molecular formula is C18H36N4O2S. The summed E-state index contributed by atoms with van der Waals surface area (Å²) in [7, 11) is 4.04. The molecule has 1 aliphatic rings. The van der Waals surface area contributed by atoms with E-state index in [4.69, 9.17) is 5.73 Å². The minimum Gasteiger partial charge on any atom is -0.352 e. The van der Waals surface area contributed by atoms with Crippen molar-refractivity contribution in [2.45, 2.75) is 63.2 Å². The largest absolute Gasteiger partial charge is 0.352 e. The summed E-state index contributed by atoms with van der Waals surface area (Å²) >= 11 is 1.91. The monoisotopic (exact) mass is 372 g/mol. The first-order valence-electron chi connectivity index (χ1n) is 9.52. The first-order valence-corrected chi connectivity index (χ1v) is 10.6. The third-order valence-corrected chi connectivity index (χ3v) is 6.34. The van der Waals surface area contributed by atoms with Crippen molar-refractivity contribution in [2.75, 3.05) is 39.5 Å². The summed E-state index contributed by atoms with van der Waals surface area (Å²) in [6.45, 7) is 5.19. The van der Waals surface area contributed by atoms with Crippen LogP contribution in [0.15, 0.2) is 0 Å². The van der Waals surface area contributed by atoms with Gasteiger partial charge < -0.3 is 20.9 Å². The molecule has 0 aromatic carbocycles. The predicted octanol–water partition coefficient (Wildman–Crippen LogP) is 2.28. The molecule has 0 aliphatic carbocycles. The van der Waals surface area contributed by atoms with Gasteiger partial charge in [0, 0.05) is 37.1 Å². The van der Waals surface area contributed by atoms with Crippen LogP contribution in [0, 0.1) is 0 Å². The minimum atomic E-state index is -0.429. The van der Waals surface area contributed by atoms with Crippen molar-refractivity contribution in [3.63, 3.8) is 0 Å². The first kappa shape index (κ1) is 22.1. The molecule has 6 nitrogen and oxygen atoms in total. The minimum absolute atomic E-state index is 0.215. The van der Waals surface area contributed by atoms with Crippen molar-refractivity contribution in [3.8, 4) is 0 Å². The number of nitrogens with two attached hydrogens (primary N) is 1. The molecule has 3 N–H and O–H groups in total. The van der Waals surface area contributed by atoms with Gasteiger partial charge in [-0.05, 0) is 52.2 Å². The summed E-state index contributed by atoms with van der Waals surface area (Å²) in [5.41, 5.74) is 5.16. The lowest BCUT2D eigenvalue weighted by atomic mass is 10.1. The third-order valence-electron chi connectivity index (χ3n) is 4.84. The van der Waals surface area contributed by atoms with E-state index in [0.717, 1.165) is 63.9 Å². The number of thioether (sulfide) groups is 1. The molecule has 0 saturated carbocycles. The Morgan fingerprint density at radius 1 is 1.16 bits per heavy atom. The zero-order valence-electron chi connectivity index (χ0n) is 16.1. The Balaban J connectivity index is 2.03. The van der Waals surface area contributed by atoms with Gasteiger partial charge in [0.2, 0.25) is 5.91 Å². The highest BCUT2D eigenvalue weighted by Crippen LogP contribution is 2.30. The van der Waals surface area contributed by atoms with Gasteiger partial charge in [0.15, 0.2) is 0 Å². The summed E-state index contributed by atoms with van der Waals surface area (Å²) in [6, 6.07) is -0.215. The number of hydrogen-bond donors (Lipinski definition) is 2. The Bertz CT molecular complexity index is 409. The van der Waals surface area contributed by atoms with E-state index in [2.05, 4.69) is 24.2 Å². The second-order valence-corrected chi connectivity index (χ2v) is 8.39. The zero-order valence-corrected chi connectivity index (χ0v) is 16.9. The van der Waals surface area contributed by atoms with Crippen molar-refractivity contribution in [1.29, 1.82) is 0 Å². The van der Waals surface area contributed by atoms with Crippen LogP contribution in [0.25, 0.3) is 0 Å². The lowest BCUT2D eigenvalue weighted by molar-refractivity contribution is -0.130. The lowest BCUT2D eigenvalue weighted by Gasteiger charge is -2.19. The van der Waals surface area contributed by atoms with Crippen LogP contribution >= 0.6 is 11.8 Å². The molecule has 7 heteroatoms. The molecule has 0 aromatic rings. The molecular weight excluding hydrogens is 336 g/mol. The third kappa shape index (κ3) is 9.94. The molecule has 0 radical (unpaired) electrons. The highest BCUT2D eigenvalue weighted by molar-refractivity contribution is 8.00. The van der Waals surface area contributed by atoms with Crippen LogP contribution in [0.2, 0.25) is 0 Å². The maximum absolute atomic E-state index is 12.1. The maximum Gasteiger partial charge on any atom is 0.312 e. The van der Waals surface area contributed by atoms with Crippen molar-refractivity contribution >= 4 is 23.7 Å². The molecule has 0 unspecified atom stereocenters. The number of unbranched alkanes of at least 4 members (excludes halogenated alkanes) is 2. The number of carbonyl (C=O) groups is 2. The van der Waals surface area contributed by atoms with E-state index in [-0.39, 0.29) is 11.9 Å². The van der Waals surface area contributed by atoms with Gasteiger partial charge in [-0.3, -0.25) is 4.79 Å². The van der Waals surface area contributed by atoms with Gasteiger partial charge in [-0.2, -0.15) is 11.8 Å². The molecule has 1 rings (SSSR count). The van der Waals surface area contributed by atoms with Gasteiger partial charge >= 0.3 is 6.03 Å². The normalized spacial score (nSPS) is 20.0. The van der Waals surface area contributed by atoms with E-state index >= 15 is 0 Å². The van der Waals surface area contributed by atoms with Crippen molar-refractivity contribution in [1.82, 2.24) is 15.1 Å². The van der Waals surface area contributed by atoms with Crippen LogP contribution in [-0.4, -0.2) is 72.5 Å². The zero-order chi connectivity index (χ0) is 18.7. The second kappa shape index (κ2) is 12.4. The number of nitrogens with zero attached hydrogens (tertiary/aromatic N) is 2. The van der Waals surface area contributed by atoms with Gasteiger partial charge in [0.1, 0.15) is 0 Å². The average molecular weight is 373 g/mol. The number of urea groups is 1. The molecule has 1 fully saturated rings. The van der Waals surface area contributed by atoms with Gasteiger partial charge in [-0.25, -0.2) is 4.79 Å². The van der Waals surface area contributed by atoms with Crippen molar-refractivity contribution in [2.24, 2.45) is 5.73 Å². The first-order chi connectivity index (χ1) is 11.9. The summed E-state index contributed by atoms with van der Waals surface area (Å²) in [6.07, 6.45) is 6.98. The van der Waals surface area contributed by atoms with Gasteiger partial charge in [-0.15, -0.1) is 0 Å². The average Bonchev–Trinajstić information content (AvgIpc) is 3.01. The fraction of sp³-hybridized carbons (Fsp3) is 0.889. The Morgan fingerprint density at radius 2 is 1.88 bits per heavy atom.